The van der Waals surface area contributed by atoms with E-state index < -0.39 is 0 Å². The number of thiophene rings is 2. The number of fused-ring (bicyclic) bond motifs is 1. The molecule has 3 rings (SSSR count). The Kier molecular flexibility index (Phi) is 4.37. The van der Waals surface area contributed by atoms with Crippen LogP contribution in [-0.4, -0.2) is 22.5 Å². The Hall–Kier alpha value is -1.57. The van der Waals surface area contributed by atoms with Gasteiger partial charge in [0.1, 0.15) is 20.2 Å². The van der Waals surface area contributed by atoms with E-state index in [4.69, 9.17) is 17.0 Å². The highest BCUT2D eigenvalue weighted by Gasteiger charge is 2.19. The lowest BCUT2D eigenvalue weighted by atomic mass is 10.2. The molecule has 114 valence electrons. The van der Waals surface area contributed by atoms with Crippen LogP contribution in [0.25, 0.3) is 10.2 Å². The van der Waals surface area contributed by atoms with Gasteiger partial charge in [0.15, 0.2) is 0 Å². The molecule has 0 aliphatic rings. The fourth-order valence-corrected chi connectivity index (χ4v) is 4.45. The Morgan fingerprint density at radius 3 is 3.00 bits per heavy atom. The number of ether oxygens (including phenoxy) is 1. The zero-order valence-electron chi connectivity index (χ0n) is 12.1. The smallest absolute Gasteiger partial charge is 0.348 e. The van der Waals surface area contributed by atoms with Crippen molar-refractivity contribution >= 4 is 51.1 Å². The molecule has 0 atom stereocenters. The van der Waals surface area contributed by atoms with Crippen LogP contribution in [0.1, 0.15) is 33.5 Å². The summed E-state index contributed by atoms with van der Waals surface area (Å²) in [7, 11) is 0. The number of hydrogen-bond donors (Lipinski definition) is 1. The zero-order valence-corrected chi connectivity index (χ0v) is 14.6. The predicted octanol–water partition coefficient (Wildman–Crippen LogP) is 4.49. The first-order valence-electron chi connectivity index (χ1n) is 6.80. The number of rotatable bonds is 4. The molecule has 0 saturated heterocycles. The number of carbonyl (C=O) groups is 1. The molecule has 0 bridgehead atoms. The van der Waals surface area contributed by atoms with E-state index in [0.717, 1.165) is 21.6 Å². The lowest BCUT2D eigenvalue weighted by molar-refractivity contribution is 0.0531. The molecule has 0 aromatic carbocycles. The van der Waals surface area contributed by atoms with Crippen LogP contribution in [0.5, 0.6) is 0 Å². The highest BCUT2D eigenvalue weighted by Crippen LogP contribution is 2.30. The van der Waals surface area contributed by atoms with Crippen LogP contribution in [0.15, 0.2) is 16.8 Å². The Morgan fingerprint density at radius 2 is 2.32 bits per heavy atom. The van der Waals surface area contributed by atoms with Crippen LogP contribution in [0, 0.1) is 11.6 Å². The van der Waals surface area contributed by atoms with Gasteiger partial charge in [0.25, 0.3) is 0 Å². The van der Waals surface area contributed by atoms with E-state index in [-0.39, 0.29) is 5.97 Å². The molecule has 0 radical (unpaired) electrons. The molecular formula is C15H14N2O2S3. The van der Waals surface area contributed by atoms with Crippen LogP contribution >= 0.6 is 34.9 Å². The van der Waals surface area contributed by atoms with Crippen LogP contribution in [0.3, 0.4) is 0 Å². The molecule has 1 N–H and O–H groups in total. The van der Waals surface area contributed by atoms with Crippen molar-refractivity contribution < 1.29 is 9.53 Å². The number of aryl methyl sites for hydroxylation is 1. The molecule has 0 saturated carbocycles. The van der Waals surface area contributed by atoms with Gasteiger partial charge in [0, 0.05) is 11.8 Å². The van der Waals surface area contributed by atoms with Gasteiger partial charge >= 0.3 is 5.97 Å². The fraction of sp³-hybridized carbons (Fsp3) is 0.267. The molecule has 0 aliphatic heterocycles. The predicted molar refractivity (Wildman–Crippen MR) is 92.6 cm³/mol. The molecule has 22 heavy (non-hydrogen) atoms. The average molecular weight is 350 g/mol. The molecule has 7 heteroatoms. The molecular weight excluding hydrogens is 336 g/mol. The Labute approximate surface area is 140 Å². The summed E-state index contributed by atoms with van der Waals surface area (Å²) in [6, 6.07) is 2.07. The number of esters is 1. The highest BCUT2D eigenvalue weighted by atomic mass is 32.1. The maximum atomic E-state index is 12.0. The third-order valence-electron chi connectivity index (χ3n) is 3.26. The van der Waals surface area contributed by atoms with Crippen LogP contribution in [0.2, 0.25) is 0 Å². The first-order valence-corrected chi connectivity index (χ1v) is 8.97. The molecule has 0 fully saturated rings. The summed E-state index contributed by atoms with van der Waals surface area (Å²) in [5.74, 6) is 0.504. The second-order valence-corrected chi connectivity index (χ2v) is 6.97. The van der Waals surface area contributed by atoms with Crippen molar-refractivity contribution in [2.45, 2.75) is 20.3 Å². The SMILES string of the molecule is CCOC(=O)c1sc2nc(Cc3ccsc3)[nH]c(=S)c2c1C. The normalized spacial score (nSPS) is 11.0. The van der Waals surface area contributed by atoms with Crippen molar-refractivity contribution in [3.05, 3.63) is 43.3 Å². The first-order chi connectivity index (χ1) is 10.6. The minimum Gasteiger partial charge on any atom is -0.462 e. The lowest BCUT2D eigenvalue weighted by Crippen LogP contribution is -2.03. The number of nitrogens with zero attached hydrogens (tertiary/aromatic N) is 1. The van der Waals surface area contributed by atoms with E-state index in [1.807, 2.05) is 12.3 Å². The van der Waals surface area contributed by atoms with Gasteiger partial charge in [-0.1, -0.05) is 12.2 Å². The third-order valence-corrected chi connectivity index (χ3v) is 5.47. The summed E-state index contributed by atoms with van der Waals surface area (Å²) < 4.78 is 5.72. The summed E-state index contributed by atoms with van der Waals surface area (Å²) >= 11 is 8.45. The summed E-state index contributed by atoms with van der Waals surface area (Å²) in [5.41, 5.74) is 2.04. The molecule has 3 aromatic rings. The number of aromatic nitrogens is 2. The quantitative estimate of drug-likeness (QED) is 0.556. The second-order valence-electron chi connectivity index (χ2n) is 4.78. The van der Waals surface area contributed by atoms with E-state index in [1.165, 1.54) is 16.9 Å². The van der Waals surface area contributed by atoms with E-state index in [9.17, 15) is 4.79 Å². The molecule has 0 amide bonds. The minimum atomic E-state index is -0.309. The average Bonchev–Trinajstić information content (AvgIpc) is 3.07. The van der Waals surface area contributed by atoms with Gasteiger partial charge < -0.3 is 9.72 Å². The Bertz CT molecular complexity index is 878. The monoisotopic (exact) mass is 350 g/mol. The first kappa shape index (κ1) is 15.3. The van der Waals surface area contributed by atoms with Gasteiger partial charge in [-0.05, 0) is 41.8 Å². The molecule has 3 heterocycles. The molecule has 4 nitrogen and oxygen atoms in total. The third kappa shape index (κ3) is 2.84. The standard InChI is InChI=1S/C15H14N2O2S3/c1-3-19-15(18)12-8(2)11-13(20)16-10(17-14(11)22-12)6-9-4-5-21-7-9/h4-5,7H,3,6H2,1-2H3,(H,16,17,20). The van der Waals surface area contributed by atoms with Crippen molar-refractivity contribution in [1.82, 2.24) is 9.97 Å². The minimum absolute atomic E-state index is 0.309. The number of carbonyl (C=O) groups excluding carboxylic acids is 1. The number of hydrogen-bond acceptors (Lipinski definition) is 6. The second kappa shape index (κ2) is 6.28. The fourth-order valence-electron chi connectivity index (χ4n) is 2.25. The molecule has 0 spiro atoms. The van der Waals surface area contributed by atoms with Crippen molar-refractivity contribution in [3.63, 3.8) is 0 Å². The van der Waals surface area contributed by atoms with Gasteiger partial charge in [-0.3, -0.25) is 0 Å². The van der Waals surface area contributed by atoms with E-state index in [1.54, 1.807) is 18.3 Å². The highest BCUT2D eigenvalue weighted by molar-refractivity contribution is 7.71. The number of nitrogens with one attached hydrogen (secondary N) is 1. The van der Waals surface area contributed by atoms with Crippen molar-refractivity contribution in [3.8, 4) is 0 Å². The van der Waals surface area contributed by atoms with Crippen LogP contribution < -0.4 is 0 Å². The number of H-pyrrole nitrogens is 1. The summed E-state index contributed by atoms with van der Waals surface area (Å²) in [6.45, 7) is 4.04. The maximum absolute atomic E-state index is 12.0. The van der Waals surface area contributed by atoms with Crippen LogP contribution in [-0.2, 0) is 11.2 Å². The van der Waals surface area contributed by atoms with Gasteiger partial charge in [0.05, 0.1) is 6.61 Å². The number of aromatic amines is 1. The molecule has 3 aromatic heterocycles. The zero-order chi connectivity index (χ0) is 15.7. The summed E-state index contributed by atoms with van der Waals surface area (Å²) in [6.07, 6.45) is 0.703. The Morgan fingerprint density at radius 1 is 1.50 bits per heavy atom. The van der Waals surface area contributed by atoms with Crippen molar-refractivity contribution in [2.75, 3.05) is 6.61 Å². The molecule has 0 aliphatic carbocycles. The van der Waals surface area contributed by atoms with E-state index >= 15 is 0 Å². The van der Waals surface area contributed by atoms with Crippen molar-refractivity contribution in [2.24, 2.45) is 0 Å². The summed E-state index contributed by atoms with van der Waals surface area (Å²) in [4.78, 5) is 21.2. The Balaban J connectivity index is 2.06. The lowest BCUT2D eigenvalue weighted by Gasteiger charge is -2.01. The van der Waals surface area contributed by atoms with Gasteiger partial charge in [-0.15, -0.1) is 11.3 Å². The summed E-state index contributed by atoms with van der Waals surface area (Å²) in [5, 5.41) is 4.97. The van der Waals surface area contributed by atoms with E-state index in [0.29, 0.717) is 22.5 Å². The van der Waals surface area contributed by atoms with Gasteiger partial charge in [-0.2, -0.15) is 11.3 Å². The largest absolute Gasteiger partial charge is 0.462 e. The van der Waals surface area contributed by atoms with Gasteiger partial charge in [0.2, 0.25) is 0 Å². The van der Waals surface area contributed by atoms with Crippen LogP contribution in [0.4, 0.5) is 0 Å². The maximum Gasteiger partial charge on any atom is 0.348 e. The molecule has 0 unspecified atom stereocenters. The van der Waals surface area contributed by atoms with Crippen molar-refractivity contribution in [1.29, 1.82) is 0 Å². The van der Waals surface area contributed by atoms with E-state index in [2.05, 4.69) is 21.4 Å². The van der Waals surface area contributed by atoms with Gasteiger partial charge in [-0.25, -0.2) is 9.78 Å². The topological polar surface area (TPSA) is 55.0 Å².